The minimum absolute atomic E-state index is 0.714. The lowest BCUT2D eigenvalue weighted by Crippen LogP contribution is -2.08. The first-order valence-electron chi connectivity index (χ1n) is 9.21. The summed E-state index contributed by atoms with van der Waals surface area (Å²) in [5.41, 5.74) is 4.91. The van der Waals surface area contributed by atoms with E-state index >= 15 is 0 Å². The van der Waals surface area contributed by atoms with Gasteiger partial charge in [-0.3, -0.25) is 0 Å². The second kappa shape index (κ2) is 9.93. The van der Waals surface area contributed by atoms with E-state index in [0.717, 1.165) is 24.4 Å². The predicted octanol–water partition coefficient (Wildman–Crippen LogP) is 6.55. The molecule has 0 fully saturated rings. The molecule has 2 aromatic rings. The van der Waals surface area contributed by atoms with E-state index < -0.39 is 0 Å². The zero-order valence-corrected chi connectivity index (χ0v) is 16.0. The maximum Gasteiger partial charge on any atom is 0.141 e. The van der Waals surface area contributed by atoms with Crippen molar-refractivity contribution >= 4 is 5.69 Å². The van der Waals surface area contributed by atoms with Crippen LogP contribution in [0.3, 0.4) is 0 Å². The quantitative estimate of drug-likeness (QED) is 0.524. The van der Waals surface area contributed by atoms with Gasteiger partial charge in [-0.1, -0.05) is 55.0 Å². The van der Waals surface area contributed by atoms with E-state index in [0.29, 0.717) is 5.92 Å². The van der Waals surface area contributed by atoms with Gasteiger partial charge in [-0.2, -0.15) is 0 Å². The zero-order valence-electron chi connectivity index (χ0n) is 16.0. The van der Waals surface area contributed by atoms with Crippen LogP contribution < -0.4 is 10.1 Å². The third-order valence-electron chi connectivity index (χ3n) is 4.47. The average molecular weight is 338 g/mol. The van der Waals surface area contributed by atoms with Crippen molar-refractivity contribution < 1.29 is 4.74 Å². The highest BCUT2D eigenvalue weighted by Gasteiger charge is 2.07. The third kappa shape index (κ3) is 6.30. The number of hydrogen-bond acceptors (Lipinski definition) is 2. The summed E-state index contributed by atoms with van der Waals surface area (Å²) in [6, 6.07) is 16.8. The molecule has 0 radical (unpaired) electrons. The molecule has 2 heteroatoms. The van der Waals surface area contributed by atoms with Crippen LogP contribution >= 0.6 is 0 Å². The lowest BCUT2D eigenvalue weighted by molar-refractivity contribution is 0.416. The van der Waals surface area contributed by atoms with Crippen molar-refractivity contribution in [2.75, 3.05) is 19.0 Å². The molecule has 0 heterocycles. The summed E-state index contributed by atoms with van der Waals surface area (Å²) < 4.78 is 5.51. The molecular weight excluding hydrogens is 306 g/mol. The van der Waals surface area contributed by atoms with Gasteiger partial charge in [0.2, 0.25) is 0 Å². The van der Waals surface area contributed by atoms with Crippen molar-refractivity contribution in [3.63, 3.8) is 0 Å². The van der Waals surface area contributed by atoms with E-state index in [1.165, 1.54) is 29.5 Å². The first-order valence-corrected chi connectivity index (χ1v) is 9.21. The zero-order chi connectivity index (χ0) is 18.1. The van der Waals surface area contributed by atoms with Crippen LogP contribution in [-0.4, -0.2) is 13.7 Å². The minimum Gasteiger partial charge on any atom is -0.495 e. The van der Waals surface area contributed by atoms with E-state index in [9.17, 15) is 0 Å². The fourth-order valence-electron chi connectivity index (χ4n) is 2.91. The number of ether oxygens (including phenoxy) is 1. The van der Waals surface area contributed by atoms with Gasteiger partial charge in [0.15, 0.2) is 0 Å². The van der Waals surface area contributed by atoms with Gasteiger partial charge < -0.3 is 10.1 Å². The van der Waals surface area contributed by atoms with Crippen LogP contribution in [0.15, 0.2) is 60.2 Å². The standard InChI is InChI=1S/C23H31NO/c1-18(2)9-8-10-19(3)15-16-24-22-17-21(13-14-23(22)25-4)20-11-6-5-7-12-20/h5-7,9,11-14,17,19,24H,8,10,15-16H2,1-4H3/t19-/m1/s1. The highest BCUT2D eigenvalue weighted by atomic mass is 16.5. The number of hydrogen-bond donors (Lipinski definition) is 1. The molecule has 1 N–H and O–H groups in total. The van der Waals surface area contributed by atoms with E-state index in [2.05, 4.69) is 68.6 Å². The Morgan fingerprint density at radius 3 is 2.48 bits per heavy atom. The molecular formula is C23H31NO. The van der Waals surface area contributed by atoms with Crippen molar-refractivity contribution in [2.45, 2.75) is 40.0 Å². The predicted molar refractivity (Wildman–Crippen MR) is 109 cm³/mol. The van der Waals surface area contributed by atoms with Gasteiger partial charge in [-0.25, -0.2) is 0 Å². The molecule has 0 saturated carbocycles. The average Bonchev–Trinajstić information content (AvgIpc) is 2.62. The summed E-state index contributed by atoms with van der Waals surface area (Å²) >= 11 is 0. The van der Waals surface area contributed by atoms with Gasteiger partial charge in [0.25, 0.3) is 0 Å². The first-order chi connectivity index (χ1) is 12.1. The Labute approximate surface area is 152 Å². The second-order valence-electron chi connectivity index (χ2n) is 6.96. The maximum atomic E-state index is 5.51. The molecule has 0 unspecified atom stereocenters. The second-order valence-corrected chi connectivity index (χ2v) is 6.96. The molecule has 1 atom stereocenters. The summed E-state index contributed by atoms with van der Waals surface area (Å²) in [5.74, 6) is 1.61. The molecule has 0 aliphatic heterocycles. The molecule has 0 aliphatic rings. The van der Waals surface area contributed by atoms with E-state index in [-0.39, 0.29) is 0 Å². The number of nitrogens with one attached hydrogen (secondary N) is 1. The molecule has 0 bridgehead atoms. The van der Waals surface area contributed by atoms with E-state index in [1.54, 1.807) is 7.11 Å². The van der Waals surface area contributed by atoms with Crippen LogP contribution in [0, 0.1) is 5.92 Å². The van der Waals surface area contributed by atoms with Gasteiger partial charge in [-0.05, 0) is 62.3 Å². The Morgan fingerprint density at radius 2 is 1.80 bits per heavy atom. The summed E-state index contributed by atoms with van der Waals surface area (Å²) in [5, 5.41) is 3.56. The lowest BCUT2D eigenvalue weighted by Gasteiger charge is -2.15. The van der Waals surface area contributed by atoms with Crippen molar-refractivity contribution in [1.29, 1.82) is 0 Å². The van der Waals surface area contributed by atoms with Crippen LogP contribution in [0.2, 0.25) is 0 Å². The minimum atomic E-state index is 0.714. The Kier molecular flexibility index (Phi) is 7.59. The molecule has 0 spiro atoms. The van der Waals surface area contributed by atoms with Crippen molar-refractivity contribution in [2.24, 2.45) is 5.92 Å². The van der Waals surface area contributed by atoms with Crippen LogP contribution in [0.25, 0.3) is 11.1 Å². The fourth-order valence-corrected chi connectivity index (χ4v) is 2.91. The Bertz CT molecular complexity index is 672. The molecule has 0 aliphatic carbocycles. The summed E-state index contributed by atoms with van der Waals surface area (Å²) in [6.07, 6.45) is 5.91. The van der Waals surface area contributed by atoms with Gasteiger partial charge in [0.05, 0.1) is 12.8 Å². The van der Waals surface area contributed by atoms with Crippen LogP contribution in [0.5, 0.6) is 5.75 Å². The van der Waals surface area contributed by atoms with Crippen molar-refractivity contribution in [1.82, 2.24) is 0 Å². The van der Waals surface area contributed by atoms with Gasteiger partial charge in [-0.15, -0.1) is 0 Å². The Morgan fingerprint density at radius 1 is 1.04 bits per heavy atom. The Hall–Kier alpha value is -2.22. The molecule has 134 valence electrons. The number of rotatable bonds is 9. The molecule has 2 aromatic carbocycles. The van der Waals surface area contributed by atoms with Gasteiger partial charge in [0.1, 0.15) is 5.75 Å². The van der Waals surface area contributed by atoms with Gasteiger partial charge in [0, 0.05) is 6.54 Å². The monoisotopic (exact) mass is 337 g/mol. The van der Waals surface area contributed by atoms with Crippen molar-refractivity contribution in [3.05, 3.63) is 60.2 Å². The smallest absolute Gasteiger partial charge is 0.141 e. The molecule has 0 amide bonds. The number of allylic oxidation sites excluding steroid dienone is 2. The van der Waals surface area contributed by atoms with E-state index in [4.69, 9.17) is 4.74 Å². The highest BCUT2D eigenvalue weighted by Crippen LogP contribution is 2.30. The lowest BCUT2D eigenvalue weighted by atomic mass is 10.0. The van der Waals surface area contributed by atoms with Crippen LogP contribution in [0.4, 0.5) is 5.69 Å². The highest BCUT2D eigenvalue weighted by molar-refractivity contribution is 5.71. The summed E-state index contributed by atoms with van der Waals surface area (Å²) in [4.78, 5) is 0. The van der Waals surface area contributed by atoms with Crippen LogP contribution in [-0.2, 0) is 0 Å². The SMILES string of the molecule is COc1ccc(-c2ccccc2)cc1NCC[C@H](C)CCC=C(C)C. The van der Waals surface area contributed by atoms with Crippen molar-refractivity contribution in [3.8, 4) is 16.9 Å². The third-order valence-corrected chi connectivity index (χ3v) is 4.47. The normalized spacial score (nSPS) is 11.7. The topological polar surface area (TPSA) is 21.3 Å². The van der Waals surface area contributed by atoms with Gasteiger partial charge >= 0.3 is 0 Å². The Balaban J connectivity index is 1.95. The number of methoxy groups -OCH3 is 1. The summed E-state index contributed by atoms with van der Waals surface area (Å²) in [7, 11) is 1.73. The molecule has 2 rings (SSSR count). The number of benzene rings is 2. The molecule has 0 saturated heterocycles. The number of anilines is 1. The molecule has 0 aromatic heterocycles. The van der Waals surface area contributed by atoms with E-state index in [1.807, 2.05) is 12.1 Å². The van der Waals surface area contributed by atoms with Crippen LogP contribution in [0.1, 0.15) is 40.0 Å². The summed E-state index contributed by atoms with van der Waals surface area (Å²) in [6.45, 7) is 7.62. The fraction of sp³-hybridized carbons (Fsp3) is 0.391. The maximum absolute atomic E-state index is 5.51. The largest absolute Gasteiger partial charge is 0.495 e. The molecule has 2 nitrogen and oxygen atoms in total. The molecule has 25 heavy (non-hydrogen) atoms. The first kappa shape index (κ1) is 19.1.